The minimum absolute atomic E-state index is 0.315. The molecule has 1 aliphatic heterocycles. The number of guanidine groups is 1. The third-order valence-corrected chi connectivity index (χ3v) is 5.85. The lowest BCUT2D eigenvalue weighted by atomic mass is 10.1. The van der Waals surface area contributed by atoms with Crippen LogP contribution in [0.15, 0.2) is 46.8 Å². The molecule has 0 spiro atoms. The van der Waals surface area contributed by atoms with Crippen molar-refractivity contribution >= 4 is 22.3 Å². The van der Waals surface area contributed by atoms with Crippen LogP contribution in [0.2, 0.25) is 0 Å². The van der Waals surface area contributed by atoms with Crippen molar-refractivity contribution in [2.24, 2.45) is 4.99 Å². The summed E-state index contributed by atoms with van der Waals surface area (Å²) in [7, 11) is 1.63. The van der Waals surface area contributed by atoms with E-state index < -0.39 is 6.10 Å². The van der Waals surface area contributed by atoms with Crippen molar-refractivity contribution in [2.45, 2.75) is 31.9 Å². The van der Waals surface area contributed by atoms with Crippen molar-refractivity contribution in [3.05, 3.63) is 47.3 Å². The molecule has 1 unspecified atom stereocenters. The zero-order valence-electron chi connectivity index (χ0n) is 16.6. The van der Waals surface area contributed by atoms with E-state index in [1.54, 1.807) is 18.4 Å². The minimum Gasteiger partial charge on any atom is -0.497 e. The van der Waals surface area contributed by atoms with Gasteiger partial charge in [0.15, 0.2) is 5.96 Å². The summed E-state index contributed by atoms with van der Waals surface area (Å²) in [5.41, 5.74) is 0.838. The minimum atomic E-state index is -0.637. The van der Waals surface area contributed by atoms with Gasteiger partial charge in [0.1, 0.15) is 5.75 Å². The molecule has 0 amide bonds. The van der Waals surface area contributed by atoms with E-state index in [0.29, 0.717) is 12.6 Å². The SMILES string of the molecule is CCNC(=NCC(O)c1ccc(OC)cc1)NC1CCN(c2cccs2)CC1. The fourth-order valence-corrected chi connectivity index (χ4v) is 4.10. The van der Waals surface area contributed by atoms with Crippen LogP contribution in [0.25, 0.3) is 0 Å². The molecule has 7 heteroatoms. The van der Waals surface area contributed by atoms with Crippen LogP contribution >= 0.6 is 11.3 Å². The Labute approximate surface area is 171 Å². The molecular weight excluding hydrogens is 372 g/mol. The number of hydrogen-bond donors (Lipinski definition) is 3. The number of piperidine rings is 1. The molecule has 1 saturated heterocycles. The normalized spacial score (nSPS) is 16.7. The predicted molar refractivity (Wildman–Crippen MR) is 117 cm³/mol. The molecule has 2 aromatic rings. The number of benzene rings is 1. The molecule has 3 N–H and O–H groups in total. The van der Waals surface area contributed by atoms with E-state index in [4.69, 9.17) is 4.74 Å². The number of aliphatic hydroxyl groups excluding tert-OH is 1. The summed E-state index contributed by atoms with van der Waals surface area (Å²) in [5.74, 6) is 1.55. The lowest BCUT2D eigenvalue weighted by Crippen LogP contribution is -2.48. The van der Waals surface area contributed by atoms with Crippen molar-refractivity contribution in [1.29, 1.82) is 0 Å². The molecule has 1 aromatic heterocycles. The van der Waals surface area contributed by atoms with Crippen LogP contribution in [0.4, 0.5) is 5.00 Å². The van der Waals surface area contributed by atoms with Crippen LogP contribution in [0.1, 0.15) is 31.4 Å². The lowest BCUT2D eigenvalue weighted by Gasteiger charge is -2.33. The van der Waals surface area contributed by atoms with Gasteiger partial charge in [0.2, 0.25) is 0 Å². The van der Waals surface area contributed by atoms with Gasteiger partial charge in [-0.25, -0.2) is 0 Å². The van der Waals surface area contributed by atoms with Crippen molar-refractivity contribution in [1.82, 2.24) is 10.6 Å². The van der Waals surface area contributed by atoms with E-state index in [9.17, 15) is 5.11 Å². The number of nitrogens with one attached hydrogen (secondary N) is 2. The second-order valence-electron chi connectivity index (χ2n) is 6.87. The Morgan fingerprint density at radius 1 is 1.29 bits per heavy atom. The zero-order chi connectivity index (χ0) is 19.8. The molecule has 0 saturated carbocycles. The molecule has 1 aliphatic rings. The Bertz CT molecular complexity index is 725. The second-order valence-corrected chi connectivity index (χ2v) is 7.79. The Balaban J connectivity index is 1.52. The molecule has 1 fully saturated rings. The van der Waals surface area contributed by atoms with Crippen LogP contribution < -0.4 is 20.3 Å². The summed E-state index contributed by atoms with van der Waals surface area (Å²) in [6, 6.07) is 12.1. The van der Waals surface area contributed by atoms with E-state index in [0.717, 1.165) is 49.7 Å². The topological polar surface area (TPSA) is 69.1 Å². The maximum absolute atomic E-state index is 10.4. The number of anilines is 1. The van der Waals surface area contributed by atoms with Crippen LogP contribution in [0, 0.1) is 0 Å². The highest BCUT2D eigenvalue weighted by atomic mass is 32.1. The molecule has 1 aromatic carbocycles. The zero-order valence-corrected chi connectivity index (χ0v) is 17.4. The number of rotatable bonds is 7. The van der Waals surface area contributed by atoms with E-state index in [1.165, 1.54) is 5.00 Å². The molecule has 0 radical (unpaired) electrons. The van der Waals surface area contributed by atoms with Crippen LogP contribution in [0.5, 0.6) is 5.75 Å². The summed E-state index contributed by atoms with van der Waals surface area (Å²) >= 11 is 1.80. The average molecular weight is 403 g/mol. The van der Waals surface area contributed by atoms with Gasteiger partial charge in [-0.3, -0.25) is 4.99 Å². The number of hydrogen-bond acceptors (Lipinski definition) is 5. The van der Waals surface area contributed by atoms with Crippen molar-refractivity contribution in [2.75, 3.05) is 38.2 Å². The number of nitrogens with zero attached hydrogens (tertiary/aromatic N) is 2. The molecule has 0 bridgehead atoms. The third-order valence-electron chi connectivity index (χ3n) is 4.92. The van der Waals surface area contributed by atoms with Crippen molar-refractivity contribution in [3.63, 3.8) is 0 Å². The van der Waals surface area contributed by atoms with Crippen LogP contribution in [0.3, 0.4) is 0 Å². The molecule has 1 atom stereocenters. The molecule has 3 rings (SSSR count). The summed E-state index contributed by atoms with van der Waals surface area (Å²) < 4.78 is 5.16. The molecule has 28 heavy (non-hydrogen) atoms. The van der Waals surface area contributed by atoms with Gasteiger partial charge in [0, 0.05) is 25.7 Å². The highest BCUT2D eigenvalue weighted by Gasteiger charge is 2.20. The first-order chi connectivity index (χ1) is 13.7. The van der Waals surface area contributed by atoms with Gasteiger partial charge in [0.05, 0.1) is 24.8 Å². The van der Waals surface area contributed by atoms with E-state index >= 15 is 0 Å². The third kappa shape index (κ3) is 5.62. The van der Waals surface area contributed by atoms with Gasteiger partial charge in [-0.2, -0.15) is 0 Å². The molecule has 6 nitrogen and oxygen atoms in total. The van der Waals surface area contributed by atoms with Gasteiger partial charge in [-0.15, -0.1) is 11.3 Å². The summed E-state index contributed by atoms with van der Waals surface area (Å²) in [5, 5.41) is 20.7. The fraction of sp³-hybridized carbons (Fsp3) is 0.476. The Kier molecular flexibility index (Phi) is 7.56. The first-order valence-corrected chi connectivity index (χ1v) is 10.7. The smallest absolute Gasteiger partial charge is 0.191 e. The monoisotopic (exact) mass is 402 g/mol. The first kappa shape index (κ1) is 20.5. The Morgan fingerprint density at radius 3 is 2.64 bits per heavy atom. The van der Waals surface area contributed by atoms with Crippen molar-refractivity contribution < 1.29 is 9.84 Å². The van der Waals surface area contributed by atoms with E-state index in [2.05, 4.69) is 45.0 Å². The standard InChI is InChI=1S/C21H30N4O2S/c1-3-22-21(23-15-19(26)16-6-8-18(27-2)9-7-16)24-17-10-12-25(13-11-17)20-5-4-14-28-20/h4-9,14,17,19,26H,3,10-13,15H2,1-2H3,(H2,22,23,24). The fourth-order valence-electron chi connectivity index (χ4n) is 3.32. The number of ether oxygens (including phenoxy) is 1. The molecule has 0 aliphatic carbocycles. The Hall–Kier alpha value is -2.25. The predicted octanol–water partition coefficient (Wildman–Crippen LogP) is 3.01. The van der Waals surface area contributed by atoms with Gasteiger partial charge in [-0.05, 0) is 55.0 Å². The maximum atomic E-state index is 10.4. The summed E-state index contributed by atoms with van der Waals surface area (Å²) in [4.78, 5) is 7.04. The lowest BCUT2D eigenvalue weighted by molar-refractivity contribution is 0.187. The second kappa shape index (κ2) is 10.3. The number of aliphatic hydroxyl groups is 1. The highest BCUT2D eigenvalue weighted by Crippen LogP contribution is 2.24. The maximum Gasteiger partial charge on any atom is 0.191 e. The Morgan fingerprint density at radius 2 is 2.04 bits per heavy atom. The van der Waals surface area contributed by atoms with Gasteiger partial charge < -0.3 is 25.4 Å². The summed E-state index contributed by atoms with van der Waals surface area (Å²) in [6.07, 6.45) is 1.51. The van der Waals surface area contributed by atoms with E-state index in [1.807, 2.05) is 24.3 Å². The van der Waals surface area contributed by atoms with Gasteiger partial charge in [0.25, 0.3) is 0 Å². The van der Waals surface area contributed by atoms with Crippen LogP contribution in [-0.4, -0.2) is 50.4 Å². The first-order valence-electron chi connectivity index (χ1n) is 9.85. The van der Waals surface area contributed by atoms with Crippen LogP contribution in [-0.2, 0) is 0 Å². The molecule has 2 heterocycles. The summed E-state index contributed by atoms with van der Waals surface area (Å²) in [6.45, 7) is 5.25. The number of aliphatic imine (C=N–C) groups is 1. The largest absolute Gasteiger partial charge is 0.497 e. The number of thiophene rings is 1. The number of methoxy groups -OCH3 is 1. The van der Waals surface area contributed by atoms with Gasteiger partial charge in [-0.1, -0.05) is 12.1 Å². The molecular formula is C21H30N4O2S. The van der Waals surface area contributed by atoms with Gasteiger partial charge >= 0.3 is 0 Å². The highest BCUT2D eigenvalue weighted by molar-refractivity contribution is 7.14. The van der Waals surface area contributed by atoms with Crippen molar-refractivity contribution in [3.8, 4) is 5.75 Å². The quantitative estimate of drug-likeness (QED) is 0.491. The average Bonchev–Trinajstić information content (AvgIpc) is 3.27. The van der Waals surface area contributed by atoms with E-state index in [-0.39, 0.29) is 0 Å². The molecule has 152 valence electrons.